The number of carboxylic acids is 2. The van der Waals surface area contributed by atoms with Crippen LogP contribution in [0.2, 0.25) is 0 Å². The molecule has 5 rings (SSSR count). The third-order valence-corrected chi connectivity index (χ3v) is 15.7. The number of nitrogens with zero attached hydrogens (tertiary/aromatic N) is 2. The molecule has 0 bridgehead atoms. The van der Waals surface area contributed by atoms with Crippen molar-refractivity contribution in [1.29, 1.82) is 0 Å². The Bertz CT molecular complexity index is 1790. The number of ether oxygens (including phenoxy) is 1. The van der Waals surface area contributed by atoms with Gasteiger partial charge in [0.1, 0.15) is 18.6 Å². The molecule has 316 valence electrons. The second-order valence-corrected chi connectivity index (χ2v) is 20.6. The van der Waals surface area contributed by atoms with Crippen molar-refractivity contribution in [3.8, 4) is 0 Å². The van der Waals surface area contributed by atoms with E-state index in [1.165, 1.54) is 7.11 Å². The zero-order valence-electron chi connectivity index (χ0n) is 33.3. The minimum Gasteiger partial charge on any atom is -0.748 e. The van der Waals surface area contributed by atoms with Gasteiger partial charge in [0.2, 0.25) is 0 Å². The summed E-state index contributed by atoms with van der Waals surface area (Å²) in [4.78, 5) is 23.9. The maximum absolute atomic E-state index is 12.6. The first kappa shape index (κ1) is 53.9. The topological polar surface area (TPSA) is 361 Å². The second-order valence-electron chi connectivity index (χ2n) is 15.7. The first-order chi connectivity index (χ1) is 25.5. The number of aliphatic carboxylic acids is 2. The smallest absolute Gasteiger partial charge is 0.748 e. The van der Waals surface area contributed by atoms with Gasteiger partial charge in [-0.2, -0.15) is 10.2 Å². The van der Waals surface area contributed by atoms with Gasteiger partial charge in [0.05, 0.1) is 70.1 Å². The van der Waals surface area contributed by atoms with Gasteiger partial charge in [-0.15, -0.1) is 0 Å². The molecule has 0 aromatic carbocycles. The van der Waals surface area contributed by atoms with Crippen molar-refractivity contribution < 1.29 is 125 Å². The molecule has 0 aromatic heterocycles. The number of hydrogen-bond acceptors (Lipinski definition) is 20. The Balaban J connectivity index is 0.00000387. The van der Waals surface area contributed by atoms with E-state index in [4.69, 9.17) is 4.74 Å². The van der Waals surface area contributed by atoms with Crippen LogP contribution in [0.4, 0.5) is 0 Å². The summed E-state index contributed by atoms with van der Waals surface area (Å²) in [5.74, 6) is -7.99. The van der Waals surface area contributed by atoms with Gasteiger partial charge >= 0.3 is 68.5 Å². The summed E-state index contributed by atoms with van der Waals surface area (Å²) >= 11 is 0. The molecule has 0 amide bonds. The molecule has 5 aliphatic rings. The molecular formula is C30H50Li3N7O15S3. The SMILES string of the molecule is COC1NC(NC2CC(S(=O)(=O)[O-])CC3CC(S(=O)(=O)[O-])C(N=NC4CCCC(C(=O)O)C4C(=O)O)C(O)C32)NC(NC2C(C)CC(C)CC2S(=O)(=O)[O-])N1.[Li+].[Li+].[Li+]. The number of aliphatic hydroxyl groups is 1. The number of azo groups is 1. The van der Waals surface area contributed by atoms with Gasteiger partial charge in [-0.1, -0.05) is 20.3 Å². The number of carboxylic acid groups (broad SMARTS) is 2. The Morgan fingerprint density at radius 2 is 1.36 bits per heavy atom. The van der Waals surface area contributed by atoms with Gasteiger partial charge < -0.3 is 33.7 Å². The van der Waals surface area contributed by atoms with Crippen LogP contribution in [-0.4, -0.2) is 138 Å². The maximum atomic E-state index is 12.6. The van der Waals surface area contributed by atoms with Crippen LogP contribution in [0.3, 0.4) is 0 Å². The Labute approximate surface area is 374 Å². The van der Waals surface area contributed by atoms with Crippen LogP contribution in [0.5, 0.6) is 0 Å². The molecule has 17 unspecified atom stereocenters. The standard InChI is InChI=1S/C30H53N7O15S3.3Li/c1-12-7-13(2)23(19(8-12)54(46,47)48)32-29-33-28(34-30(35-29)52-3)31-18-11-15(53(43,44)45)9-14-10-20(55(49,50)51)24(25(38)21(14)18)37-36-17-6-4-5-16(26(39)40)22(17)27(41)42;;;/h12-25,28-35,38H,4-11H2,1-3H3,(H,39,40)(H,41,42)(H,43,44,45)(H,46,47,48)(H,49,50,51);;;/q;3*+1/p-3. The fourth-order valence-electron chi connectivity index (χ4n) is 9.65. The molecule has 0 aromatic rings. The summed E-state index contributed by atoms with van der Waals surface area (Å²) in [5.41, 5.74) is 0. The van der Waals surface area contributed by atoms with E-state index in [1.807, 2.05) is 13.8 Å². The van der Waals surface area contributed by atoms with Crippen LogP contribution in [0.25, 0.3) is 0 Å². The first-order valence-corrected chi connectivity index (χ1v) is 22.6. The number of carbonyl (C=O) groups is 2. The molecule has 58 heavy (non-hydrogen) atoms. The summed E-state index contributed by atoms with van der Waals surface area (Å²) in [6.45, 7) is 3.67. The van der Waals surface area contributed by atoms with E-state index in [9.17, 15) is 63.8 Å². The summed E-state index contributed by atoms with van der Waals surface area (Å²) in [6.07, 6.45) is -4.78. The van der Waals surface area contributed by atoms with Crippen LogP contribution >= 0.6 is 0 Å². The molecule has 0 radical (unpaired) electrons. The summed E-state index contributed by atoms with van der Waals surface area (Å²) in [5, 5.41) is 50.0. The number of nitrogens with one attached hydrogen (secondary N) is 5. The van der Waals surface area contributed by atoms with Gasteiger partial charge in [-0.05, 0) is 62.7 Å². The molecule has 5 fully saturated rings. The Morgan fingerprint density at radius 3 is 1.90 bits per heavy atom. The number of hydrogen-bond donors (Lipinski definition) is 8. The summed E-state index contributed by atoms with van der Waals surface area (Å²) in [7, 11) is -13.6. The van der Waals surface area contributed by atoms with Crippen LogP contribution in [0.15, 0.2) is 10.2 Å². The molecule has 22 nitrogen and oxygen atoms in total. The van der Waals surface area contributed by atoms with Crippen molar-refractivity contribution in [3.63, 3.8) is 0 Å². The molecule has 4 saturated carbocycles. The molecular weight excluding hydrogens is 815 g/mol. The number of rotatable bonds is 12. The predicted octanol–water partition coefficient (Wildman–Crippen LogP) is -11.4. The predicted molar refractivity (Wildman–Crippen MR) is 185 cm³/mol. The molecule has 28 heteroatoms. The minimum atomic E-state index is -5.26. The zero-order valence-corrected chi connectivity index (χ0v) is 35.8. The van der Waals surface area contributed by atoms with E-state index in [0.717, 1.165) is 0 Å². The Hall–Kier alpha value is -0.218. The molecule has 8 N–H and O–H groups in total. The van der Waals surface area contributed by atoms with E-state index >= 15 is 0 Å². The van der Waals surface area contributed by atoms with E-state index in [1.54, 1.807) is 0 Å². The third-order valence-electron chi connectivity index (χ3n) is 12.1. The Morgan fingerprint density at radius 1 is 0.759 bits per heavy atom. The molecule has 0 spiro atoms. The van der Waals surface area contributed by atoms with Crippen molar-refractivity contribution in [2.45, 2.75) is 130 Å². The van der Waals surface area contributed by atoms with Crippen molar-refractivity contribution in [2.24, 2.45) is 45.7 Å². The summed E-state index contributed by atoms with van der Waals surface area (Å²) < 4.78 is 117. The van der Waals surface area contributed by atoms with Gasteiger partial charge in [-0.3, -0.25) is 36.2 Å². The molecule has 4 aliphatic carbocycles. The van der Waals surface area contributed by atoms with Crippen LogP contribution < -0.4 is 83.2 Å². The number of methoxy groups -OCH3 is 1. The quantitative estimate of drug-likeness (QED) is 0.0513. The van der Waals surface area contributed by atoms with Crippen molar-refractivity contribution in [1.82, 2.24) is 26.6 Å². The fraction of sp³-hybridized carbons (Fsp3) is 0.933. The monoisotopic (exact) mass is 865 g/mol. The zero-order chi connectivity index (χ0) is 40.8. The van der Waals surface area contributed by atoms with Crippen molar-refractivity contribution in [2.75, 3.05) is 7.11 Å². The molecule has 1 heterocycles. The molecule has 17 atom stereocenters. The molecule has 1 saturated heterocycles. The van der Waals surface area contributed by atoms with E-state index in [-0.39, 0.29) is 107 Å². The maximum Gasteiger partial charge on any atom is 1.00 e. The van der Waals surface area contributed by atoms with Crippen LogP contribution in [0.1, 0.15) is 65.2 Å². The van der Waals surface area contributed by atoms with E-state index in [0.29, 0.717) is 6.42 Å². The third kappa shape index (κ3) is 12.7. The Kier molecular flexibility index (Phi) is 19.9. The molecule has 1 aliphatic heterocycles. The number of fused-ring (bicyclic) bond motifs is 1. The van der Waals surface area contributed by atoms with Gasteiger partial charge in [0, 0.05) is 25.1 Å². The van der Waals surface area contributed by atoms with E-state index in [2.05, 4.69) is 36.8 Å². The van der Waals surface area contributed by atoms with Crippen molar-refractivity contribution >= 4 is 42.3 Å². The first-order valence-electron chi connectivity index (χ1n) is 18.2. The average molecular weight is 866 g/mol. The average Bonchev–Trinajstić information content (AvgIpc) is 3.06. The van der Waals surface area contributed by atoms with Crippen LogP contribution in [0, 0.1) is 35.5 Å². The van der Waals surface area contributed by atoms with Gasteiger partial charge in [0.25, 0.3) is 0 Å². The van der Waals surface area contributed by atoms with Gasteiger partial charge in [0.15, 0.2) is 6.35 Å². The largest absolute Gasteiger partial charge is 1.00 e. The normalized spacial score (nSPS) is 41.2. The van der Waals surface area contributed by atoms with Crippen LogP contribution in [-0.2, 0) is 44.7 Å². The second kappa shape index (κ2) is 21.4. The van der Waals surface area contributed by atoms with E-state index < -0.39 is 137 Å². The number of aliphatic hydroxyl groups excluding tert-OH is 1. The van der Waals surface area contributed by atoms with Crippen molar-refractivity contribution in [3.05, 3.63) is 0 Å². The summed E-state index contributed by atoms with van der Waals surface area (Å²) in [6, 6.07) is -4.85. The minimum absolute atomic E-state index is 0. The fourth-order valence-corrected chi connectivity index (χ4v) is 12.9. The van der Waals surface area contributed by atoms with Gasteiger partial charge in [-0.25, -0.2) is 25.3 Å².